The van der Waals surface area contributed by atoms with Crippen molar-refractivity contribution >= 4 is 12.6 Å². The van der Waals surface area contributed by atoms with Crippen LogP contribution in [0.2, 0.25) is 0 Å². The lowest BCUT2D eigenvalue weighted by Crippen LogP contribution is -2.35. The third-order valence-corrected chi connectivity index (χ3v) is 4.44. The Morgan fingerprint density at radius 3 is 2.55 bits per heavy atom. The van der Waals surface area contributed by atoms with Gasteiger partial charge in [-0.3, -0.25) is 9.80 Å². The van der Waals surface area contributed by atoms with Crippen LogP contribution in [-0.4, -0.2) is 53.7 Å². The van der Waals surface area contributed by atoms with E-state index < -0.39 is 0 Å². The number of thiol groups is 1. The molecule has 1 heterocycles. The van der Waals surface area contributed by atoms with Gasteiger partial charge in [-0.25, -0.2) is 0 Å². The number of nitrogens with zero attached hydrogens (tertiary/aromatic N) is 2. The maximum Gasteiger partial charge on any atom is 0.0793 e. The van der Waals surface area contributed by atoms with Crippen molar-refractivity contribution in [3.63, 3.8) is 0 Å². The van der Waals surface area contributed by atoms with Crippen LogP contribution in [-0.2, 0) is 6.54 Å². The summed E-state index contributed by atoms with van der Waals surface area (Å²) < 4.78 is 0. The first-order chi connectivity index (χ1) is 10.3. The zero-order valence-corrected chi connectivity index (χ0v) is 15.0. The van der Waals surface area contributed by atoms with Gasteiger partial charge in [0.05, 0.1) is 6.10 Å². The van der Waals surface area contributed by atoms with Crippen LogP contribution < -0.4 is 0 Å². The summed E-state index contributed by atoms with van der Waals surface area (Å²) in [6.45, 7) is 12.4. The van der Waals surface area contributed by atoms with Gasteiger partial charge >= 0.3 is 0 Å². The molecule has 0 aromatic heterocycles. The van der Waals surface area contributed by atoms with Crippen LogP contribution >= 0.6 is 12.6 Å². The van der Waals surface area contributed by atoms with E-state index in [2.05, 4.69) is 55.3 Å². The number of β-amino-alcohol motifs (C(OH)–C–C–N with tert-alkyl or cyclic N) is 1. The van der Waals surface area contributed by atoms with Gasteiger partial charge in [-0.2, -0.15) is 0 Å². The Hall–Kier alpha value is -0.550. The number of hydrogen-bond acceptors (Lipinski definition) is 4. The van der Waals surface area contributed by atoms with E-state index in [0.717, 1.165) is 44.2 Å². The Labute approximate surface area is 140 Å². The summed E-state index contributed by atoms with van der Waals surface area (Å²) in [5, 5.41) is 10.3. The van der Waals surface area contributed by atoms with Crippen molar-refractivity contribution in [1.82, 2.24) is 9.80 Å². The highest BCUT2D eigenvalue weighted by molar-refractivity contribution is 7.80. The van der Waals surface area contributed by atoms with Crippen molar-refractivity contribution < 1.29 is 5.11 Å². The maximum absolute atomic E-state index is 10.3. The van der Waals surface area contributed by atoms with Crippen LogP contribution in [0.15, 0.2) is 29.2 Å². The fourth-order valence-electron chi connectivity index (χ4n) is 2.87. The summed E-state index contributed by atoms with van der Waals surface area (Å²) in [4.78, 5) is 5.76. The Bertz CT molecular complexity index is 472. The average Bonchev–Trinajstić information content (AvgIpc) is 2.57. The number of aliphatic hydroxyl groups is 1. The molecule has 1 fully saturated rings. The monoisotopic (exact) mass is 322 g/mol. The highest BCUT2D eigenvalue weighted by atomic mass is 32.1. The van der Waals surface area contributed by atoms with Gasteiger partial charge in [0, 0.05) is 37.6 Å². The molecule has 1 unspecified atom stereocenters. The Morgan fingerprint density at radius 1 is 1.18 bits per heavy atom. The zero-order chi connectivity index (χ0) is 16.2. The molecule has 1 aromatic carbocycles. The molecule has 1 aliphatic heterocycles. The molecular weight excluding hydrogens is 292 g/mol. The summed E-state index contributed by atoms with van der Waals surface area (Å²) in [6.07, 6.45) is 0.906. The van der Waals surface area contributed by atoms with E-state index in [1.54, 1.807) is 0 Å². The molecule has 4 heteroatoms. The van der Waals surface area contributed by atoms with Gasteiger partial charge in [0.25, 0.3) is 0 Å². The van der Waals surface area contributed by atoms with Gasteiger partial charge in [-0.1, -0.05) is 32.9 Å². The third kappa shape index (κ3) is 6.29. The molecule has 22 heavy (non-hydrogen) atoms. The zero-order valence-electron chi connectivity index (χ0n) is 14.1. The number of aliphatic hydroxyl groups excluding tert-OH is 1. The average molecular weight is 323 g/mol. The lowest BCUT2D eigenvalue weighted by molar-refractivity contribution is 0.104. The lowest BCUT2D eigenvalue weighted by Gasteiger charge is -2.26. The topological polar surface area (TPSA) is 26.7 Å². The van der Waals surface area contributed by atoms with Crippen LogP contribution in [0.25, 0.3) is 0 Å². The largest absolute Gasteiger partial charge is 0.390 e. The fraction of sp³-hybridized carbons (Fsp3) is 0.667. The van der Waals surface area contributed by atoms with Crippen molar-refractivity contribution in [2.75, 3.05) is 32.7 Å². The van der Waals surface area contributed by atoms with Gasteiger partial charge in [0.2, 0.25) is 0 Å². The second-order valence-electron chi connectivity index (χ2n) is 7.67. The minimum Gasteiger partial charge on any atom is -0.390 e. The van der Waals surface area contributed by atoms with Crippen LogP contribution in [0.1, 0.15) is 32.8 Å². The Balaban J connectivity index is 1.88. The van der Waals surface area contributed by atoms with Crippen molar-refractivity contribution in [3.8, 4) is 0 Å². The normalized spacial score (nSPS) is 21.8. The van der Waals surface area contributed by atoms with Crippen LogP contribution in [0.5, 0.6) is 0 Å². The Morgan fingerprint density at radius 2 is 1.86 bits per heavy atom. The molecule has 1 N–H and O–H groups in total. The molecule has 1 aliphatic rings. The van der Waals surface area contributed by atoms with Crippen LogP contribution in [0, 0.1) is 5.41 Å². The van der Waals surface area contributed by atoms with Gasteiger partial charge in [0.15, 0.2) is 0 Å². The lowest BCUT2D eigenvalue weighted by atomic mass is 9.92. The second-order valence-corrected chi connectivity index (χ2v) is 8.19. The van der Waals surface area contributed by atoms with Gasteiger partial charge in [0.1, 0.15) is 0 Å². The van der Waals surface area contributed by atoms with E-state index in [9.17, 15) is 5.11 Å². The highest BCUT2D eigenvalue weighted by Crippen LogP contribution is 2.20. The molecule has 2 rings (SSSR count). The van der Waals surface area contributed by atoms with E-state index in [1.807, 2.05) is 12.1 Å². The molecule has 0 amide bonds. The minimum atomic E-state index is -0.262. The Kier molecular flexibility index (Phi) is 6.33. The molecule has 1 atom stereocenters. The molecule has 0 bridgehead atoms. The fourth-order valence-corrected chi connectivity index (χ4v) is 3.12. The molecule has 3 nitrogen and oxygen atoms in total. The van der Waals surface area contributed by atoms with E-state index in [4.69, 9.17) is 0 Å². The molecule has 1 saturated heterocycles. The smallest absolute Gasteiger partial charge is 0.0793 e. The maximum atomic E-state index is 10.3. The summed E-state index contributed by atoms with van der Waals surface area (Å²) in [5.41, 5.74) is 1.62. The van der Waals surface area contributed by atoms with Crippen LogP contribution in [0.3, 0.4) is 0 Å². The first kappa shape index (κ1) is 17.8. The third-order valence-electron chi connectivity index (χ3n) is 4.17. The molecule has 1 aromatic rings. The van der Waals surface area contributed by atoms with E-state index in [1.165, 1.54) is 12.0 Å². The van der Waals surface area contributed by atoms with E-state index in [-0.39, 0.29) is 6.10 Å². The SMILES string of the molecule is CC(C)(C)CCN1CCN(Cc2cccc(S)c2)CC(O)C1. The van der Waals surface area contributed by atoms with Gasteiger partial charge < -0.3 is 5.11 Å². The van der Waals surface area contributed by atoms with Crippen LogP contribution in [0.4, 0.5) is 0 Å². The van der Waals surface area contributed by atoms with E-state index in [0.29, 0.717) is 5.41 Å². The summed E-state index contributed by atoms with van der Waals surface area (Å²) >= 11 is 4.40. The second kappa shape index (κ2) is 7.82. The molecule has 0 saturated carbocycles. The predicted octanol–water partition coefficient (Wildman–Crippen LogP) is 2.89. The summed E-state index contributed by atoms with van der Waals surface area (Å²) in [7, 11) is 0. The van der Waals surface area contributed by atoms with E-state index >= 15 is 0 Å². The summed E-state index contributed by atoms with van der Waals surface area (Å²) in [6, 6.07) is 8.28. The van der Waals surface area contributed by atoms with Crippen molar-refractivity contribution in [1.29, 1.82) is 0 Å². The highest BCUT2D eigenvalue weighted by Gasteiger charge is 2.22. The van der Waals surface area contributed by atoms with Crippen molar-refractivity contribution in [3.05, 3.63) is 29.8 Å². The first-order valence-corrected chi connectivity index (χ1v) is 8.67. The molecule has 0 radical (unpaired) electrons. The molecule has 124 valence electrons. The predicted molar refractivity (Wildman–Crippen MR) is 95.5 cm³/mol. The molecule has 0 aliphatic carbocycles. The minimum absolute atomic E-state index is 0.262. The number of hydrogen-bond donors (Lipinski definition) is 2. The quantitative estimate of drug-likeness (QED) is 0.835. The summed E-state index contributed by atoms with van der Waals surface area (Å²) in [5.74, 6) is 0. The first-order valence-electron chi connectivity index (χ1n) is 8.22. The van der Waals surface area contributed by atoms with Gasteiger partial charge in [-0.15, -0.1) is 12.6 Å². The number of rotatable bonds is 4. The van der Waals surface area contributed by atoms with Gasteiger partial charge in [-0.05, 0) is 36.1 Å². The standard InChI is InChI=1S/C18H30N2OS/c1-18(2,3)7-8-19-9-10-20(14-16(21)13-19)12-15-5-4-6-17(22)11-15/h4-6,11,16,21-22H,7-10,12-14H2,1-3H3. The molecular formula is C18H30N2OS. The van der Waals surface area contributed by atoms with Crippen molar-refractivity contribution in [2.45, 2.75) is 44.7 Å². The molecule has 0 spiro atoms. The van der Waals surface area contributed by atoms with Crippen molar-refractivity contribution in [2.24, 2.45) is 5.41 Å². The number of benzene rings is 1.